The molecule has 0 saturated carbocycles. The Bertz CT molecular complexity index is 729. The van der Waals surface area contributed by atoms with E-state index in [-0.39, 0.29) is 13.2 Å². The van der Waals surface area contributed by atoms with Crippen molar-refractivity contribution in [1.29, 1.82) is 0 Å². The fourth-order valence-corrected chi connectivity index (χ4v) is 4.42. The molecule has 36 heavy (non-hydrogen) atoms. The summed E-state index contributed by atoms with van der Waals surface area (Å²) in [5, 5.41) is 43.7. The van der Waals surface area contributed by atoms with E-state index >= 15 is 0 Å². The van der Waals surface area contributed by atoms with Crippen molar-refractivity contribution in [2.45, 2.75) is 108 Å². The van der Waals surface area contributed by atoms with E-state index in [4.69, 9.17) is 18.9 Å². The van der Waals surface area contributed by atoms with E-state index < -0.39 is 59.3 Å². The standard InChI is InChI=1S/C25H44O11/c1-6-8-10-12-33-15-20(34-13-11-9-7-2)16-35-22-24(31,18(4)28)25(32,19(5)29)23(30,17(3)27)21(14-26)36-22/h20-22,26,30-32H,6-16H2,1-5H3/t20?,21-,22?,23-,24+,25+/m1/s1. The van der Waals surface area contributed by atoms with Crippen LogP contribution in [0.2, 0.25) is 0 Å². The van der Waals surface area contributed by atoms with Crippen molar-refractivity contribution in [1.82, 2.24) is 0 Å². The number of carbonyl (C=O) groups excluding carboxylic acids is 3. The van der Waals surface area contributed by atoms with Crippen LogP contribution in [0.1, 0.15) is 73.1 Å². The molecule has 210 valence electrons. The number of carbonyl (C=O) groups is 3. The second kappa shape index (κ2) is 14.6. The van der Waals surface area contributed by atoms with Crippen molar-refractivity contribution in [3.8, 4) is 0 Å². The zero-order valence-corrected chi connectivity index (χ0v) is 22.2. The third-order valence-electron chi connectivity index (χ3n) is 6.68. The Kier molecular flexibility index (Phi) is 13.3. The molecular weight excluding hydrogens is 476 g/mol. The summed E-state index contributed by atoms with van der Waals surface area (Å²) in [5.74, 6) is -3.65. The normalized spacial score (nSPS) is 31.2. The molecule has 0 bridgehead atoms. The van der Waals surface area contributed by atoms with Gasteiger partial charge in [-0.05, 0) is 33.6 Å². The zero-order chi connectivity index (χ0) is 27.6. The van der Waals surface area contributed by atoms with Crippen molar-refractivity contribution < 1.29 is 53.8 Å². The highest BCUT2D eigenvalue weighted by molar-refractivity contribution is 6.05. The number of hydrogen-bond donors (Lipinski definition) is 4. The maximum absolute atomic E-state index is 12.7. The molecule has 0 amide bonds. The first-order valence-electron chi connectivity index (χ1n) is 12.7. The fraction of sp³-hybridized carbons (Fsp3) is 0.880. The Morgan fingerprint density at radius 3 is 1.86 bits per heavy atom. The number of Topliss-reactive ketones (excluding diaryl/α,β-unsaturated/α-hetero) is 3. The maximum atomic E-state index is 12.7. The number of hydrogen-bond acceptors (Lipinski definition) is 11. The van der Waals surface area contributed by atoms with Crippen LogP contribution in [0.25, 0.3) is 0 Å². The minimum atomic E-state index is -3.36. The molecule has 1 aliphatic rings. The molecule has 11 nitrogen and oxygen atoms in total. The van der Waals surface area contributed by atoms with Crippen molar-refractivity contribution >= 4 is 17.3 Å². The molecule has 11 heteroatoms. The molecule has 0 aromatic carbocycles. The van der Waals surface area contributed by atoms with Gasteiger partial charge >= 0.3 is 0 Å². The molecule has 0 spiro atoms. The monoisotopic (exact) mass is 520 g/mol. The first-order chi connectivity index (χ1) is 16.9. The smallest absolute Gasteiger partial charge is 0.213 e. The van der Waals surface area contributed by atoms with Gasteiger partial charge in [-0.1, -0.05) is 39.5 Å². The number of aliphatic hydroxyl groups is 4. The minimum absolute atomic E-state index is 0.138. The van der Waals surface area contributed by atoms with E-state index in [1.165, 1.54) is 0 Å². The maximum Gasteiger partial charge on any atom is 0.213 e. The predicted octanol–water partition coefficient (Wildman–Crippen LogP) is 0.463. The number of ether oxygens (including phenoxy) is 4. The minimum Gasteiger partial charge on any atom is -0.394 e. The highest BCUT2D eigenvalue weighted by Gasteiger charge is 2.78. The summed E-state index contributed by atoms with van der Waals surface area (Å²) in [6, 6.07) is 0. The highest BCUT2D eigenvalue weighted by atomic mass is 16.7. The van der Waals surface area contributed by atoms with Gasteiger partial charge in [-0.15, -0.1) is 0 Å². The van der Waals surface area contributed by atoms with Crippen LogP contribution in [0.3, 0.4) is 0 Å². The van der Waals surface area contributed by atoms with Crippen LogP contribution in [-0.4, -0.2) is 106 Å². The molecule has 1 aliphatic heterocycles. The lowest BCUT2D eigenvalue weighted by molar-refractivity contribution is -0.370. The fourth-order valence-electron chi connectivity index (χ4n) is 4.42. The summed E-state index contributed by atoms with van der Waals surface area (Å²) in [7, 11) is 0. The van der Waals surface area contributed by atoms with E-state index in [2.05, 4.69) is 13.8 Å². The summed E-state index contributed by atoms with van der Waals surface area (Å²) in [6.45, 7) is 6.40. The molecule has 0 aromatic heterocycles. The molecule has 2 unspecified atom stereocenters. The Labute approximate surface area is 213 Å². The third-order valence-corrected chi connectivity index (χ3v) is 6.68. The molecule has 0 radical (unpaired) electrons. The van der Waals surface area contributed by atoms with E-state index in [0.29, 0.717) is 13.2 Å². The predicted molar refractivity (Wildman–Crippen MR) is 128 cm³/mol. The first kappa shape index (κ1) is 32.7. The highest BCUT2D eigenvalue weighted by Crippen LogP contribution is 2.46. The van der Waals surface area contributed by atoms with Crippen molar-refractivity contribution in [3.63, 3.8) is 0 Å². The van der Waals surface area contributed by atoms with Crippen LogP contribution in [0.15, 0.2) is 0 Å². The van der Waals surface area contributed by atoms with Crippen LogP contribution >= 0.6 is 0 Å². The van der Waals surface area contributed by atoms with Gasteiger partial charge in [0.1, 0.15) is 12.2 Å². The van der Waals surface area contributed by atoms with Gasteiger partial charge in [-0.2, -0.15) is 0 Å². The van der Waals surface area contributed by atoms with Crippen LogP contribution < -0.4 is 0 Å². The molecule has 0 aliphatic carbocycles. The SMILES string of the molecule is CCCCCOCC(COC1O[C@H](CO)[C@](O)(C(C)=O)[C@@](O)(C(C)=O)[C@]1(O)C(C)=O)OCCCCC. The Morgan fingerprint density at radius 1 is 0.833 bits per heavy atom. The molecule has 1 fully saturated rings. The van der Waals surface area contributed by atoms with E-state index in [0.717, 1.165) is 59.3 Å². The van der Waals surface area contributed by atoms with Crippen LogP contribution in [0.5, 0.6) is 0 Å². The lowest BCUT2D eigenvalue weighted by Gasteiger charge is -2.57. The largest absolute Gasteiger partial charge is 0.394 e. The number of rotatable bonds is 18. The lowest BCUT2D eigenvalue weighted by Crippen LogP contribution is -2.86. The summed E-state index contributed by atoms with van der Waals surface area (Å²) < 4.78 is 22.7. The quantitative estimate of drug-likeness (QED) is 0.185. The van der Waals surface area contributed by atoms with Gasteiger partial charge in [0.25, 0.3) is 0 Å². The van der Waals surface area contributed by atoms with E-state index in [1.807, 2.05) is 0 Å². The number of ketones is 3. The van der Waals surface area contributed by atoms with Gasteiger partial charge < -0.3 is 39.4 Å². The van der Waals surface area contributed by atoms with Gasteiger partial charge in [0.15, 0.2) is 29.2 Å². The molecule has 1 saturated heterocycles. The average molecular weight is 521 g/mol. The summed E-state index contributed by atoms with van der Waals surface area (Å²) in [5.41, 5.74) is -9.64. The molecule has 0 aromatic rings. The van der Waals surface area contributed by atoms with Crippen molar-refractivity contribution in [2.24, 2.45) is 0 Å². The second-order valence-corrected chi connectivity index (χ2v) is 9.37. The van der Waals surface area contributed by atoms with Crippen molar-refractivity contribution in [3.05, 3.63) is 0 Å². The molecular formula is C25H44O11. The number of aliphatic hydroxyl groups excluding tert-OH is 1. The Balaban J connectivity index is 3.23. The molecule has 1 rings (SSSR count). The van der Waals surface area contributed by atoms with Gasteiger partial charge in [0.05, 0.1) is 19.8 Å². The van der Waals surface area contributed by atoms with Crippen LogP contribution in [0.4, 0.5) is 0 Å². The molecule has 1 heterocycles. The lowest BCUT2D eigenvalue weighted by atomic mass is 9.61. The summed E-state index contributed by atoms with van der Waals surface area (Å²) in [4.78, 5) is 37.7. The Morgan fingerprint density at radius 2 is 1.39 bits per heavy atom. The van der Waals surface area contributed by atoms with E-state index in [1.54, 1.807) is 0 Å². The van der Waals surface area contributed by atoms with E-state index in [9.17, 15) is 34.8 Å². The molecule has 4 N–H and O–H groups in total. The average Bonchev–Trinajstić information content (AvgIpc) is 2.83. The topological polar surface area (TPSA) is 169 Å². The Hall–Kier alpha value is -1.31. The number of unbranched alkanes of at least 4 members (excludes halogenated alkanes) is 4. The molecule has 6 atom stereocenters. The van der Waals surface area contributed by atoms with Gasteiger partial charge in [-0.3, -0.25) is 14.4 Å². The van der Waals surface area contributed by atoms with Crippen LogP contribution in [-0.2, 0) is 33.3 Å². The second-order valence-electron chi connectivity index (χ2n) is 9.37. The van der Waals surface area contributed by atoms with Gasteiger partial charge in [0.2, 0.25) is 11.2 Å². The van der Waals surface area contributed by atoms with Gasteiger partial charge in [-0.25, -0.2) is 0 Å². The van der Waals surface area contributed by atoms with Gasteiger partial charge in [0, 0.05) is 13.2 Å². The van der Waals surface area contributed by atoms with Crippen molar-refractivity contribution in [2.75, 3.05) is 33.0 Å². The van der Waals surface area contributed by atoms with Crippen LogP contribution in [0, 0.1) is 0 Å². The first-order valence-corrected chi connectivity index (χ1v) is 12.7. The third kappa shape index (κ3) is 6.57. The summed E-state index contributed by atoms with van der Waals surface area (Å²) in [6.07, 6.45) is 1.11. The zero-order valence-electron chi connectivity index (χ0n) is 22.2. The summed E-state index contributed by atoms with van der Waals surface area (Å²) >= 11 is 0.